The molecule has 0 bridgehead atoms. The average Bonchev–Trinajstić information content (AvgIpc) is 2.47. The van der Waals surface area contributed by atoms with Gasteiger partial charge in [-0.05, 0) is 31.6 Å². The lowest BCUT2D eigenvalue weighted by molar-refractivity contribution is -0.114. The predicted octanol–water partition coefficient (Wildman–Crippen LogP) is 3.41. The molecule has 0 aliphatic heterocycles. The lowest BCUT2D eigenvalue weighted by Gasteiger charge is -2.28. The monoisotopic (exact) mass is 277 g/mol. The van der Waals surface area contributed by atoms with Gasteiger partial charge in [0.05, 0.1) is 14.2 Å². The fourth-order valence-electron chi connectivity index (χ4n) is 2.22. The van der Waals surface area contributed by atoms with Crippen molar-refractivity contribution in [1.82, 2.24) is 0 Å². The molecule has 1 atom stereocenters. The highest BCUT2D eigenvalue weighted by molar-refractivity contribution is 6.01. The number of nitrogens with zero attached hydrogens (tertiary/aromatic N) is 1. The first kappa shape index (κ1) is 16.1. The van der Waals surface area contributed by atoms with E-state index in [0.29, 0.717) is 11.5 Å². The van der Waals surface area contributed by atoms with E-state index in [4.69, 9.17) is 9.47 Å². The molecule has 4 heteroatoms. The zero-order valence-electron chi connectivity index (χ0n) is 12.7. The van der Waals surface area contributed by atoms with E-state index in [9.17, 15) is 4.79 Å². The van der Waals surface area contributed by atoms with Gasteiger partial charge in [0.25, 0.3) is 5.91 Å². The van der Waals surface area contributed by atoms with Crippen LogP contribution >= 0.6 is 0 Å². The number of carbonyl (C=O) groups is 1. The molecule has 110 valence electrons. The number of carbonyl (C=O) groups excluding carboxylic acids is 1. The number of hydrogen-bond donors (Lipinski definition) is 0. The highest BCUT2D eigenvalue weighted by Crippen LogP contribution is 2.32. The summed E-state index contributed by atoms with van der Waals surface area (Å²) in [5.41, 5.74) is 0.786. The van der Waals surface area contributed by atoms with Crippen molar-refractivity contribution in [3.63, 3.8) is 0 Å². The molecule has 0 aromatic heterocycles. The second-order valence-corrected chi connectivity index (χ2v) is 4.59. The maximum atomic E-state index is 12.1. The van der Waals surface area contributed by atoms with Crippen LogP contribution in [-0.4, -0.2) is 26.2 Å². The van der Waals surface area contributed by atoms with Crippen LogP contribution in [0, 0.1) is 0 Å². The topological polar surface area (TPSA) is 38.8 Å². The smallest absolute Gasteiger partial charge is 0.250 e. The molecule has 0 N–H and O–H groups in total. The number of methoxy groups -OCH3 is 2. The Morgan fingerprint density at radius 3 is 2.50 bits per heavy atom. The SMILES string of the molecule is C=CC(=O)N(c1ccc(OC)c(OC)c1)C(C)CCC. The lowest BCUT2D eigenvalue weighted by atomic mass is 10.1. The Balaban J connectivity index is 3.19. The van der Waals surface area contributed by atoms with Crippen molar-refractivity contribution in [2.24, 2.45) is 0 Å². The van der Waals surface area contributed by atoms with E-state index in [2.05, 4.69) is 13.5 Å². The van der Waals surface area contributed by atoms with E-state index >= 15 is 0 Å². The first-order valence-electron chi connectivity index (χ1n) is 6.76. The molecule has 1 amide bonds. The molecule has 1 aromatic carbocycles. The highest BCUT2D eigenvalue weighted by Gasteiger charge is 2.20. The van der Waals surface area contributed by atoms with E-state index in [1.54, 1.807) is 25.2 Å². The van der Waals surface area contributed by atoms with Gasteiger partial charge in [0, 0.05) is 17.8 Å². The van der Waals surface area contributed by atoms with Crippen LogP contribution in [0.4, 0.5) is 5.69 Å². The Kier molecular flexibility index (Phi) is 6.10. The summed E-state index contributed by atoms with van der Waals surface area (Å²) >= 11 is 0. The fraction of sp³-hybridized carbons (Fsp3) is 0.438. The van der Waals surface area contributed by atoms with Crippen molar-refractivity contribution in [3.05, 3.63) is 30.9 Å². The zero-order chi connectivity index (χ0) is 15.1. The average molecular weight is 277 g/mol. The van der Waals surface area contributed by atoms with Crippen molar-refractivity contribution in [3.8, 4) is 11.5 Å². The van der Waals surface area contributed by atoms with Crippen molar-refractivity contribution in [2.45, 2.75) is 32.7 Å². The maximum Gasteiger partial charge on any atom is 0.250 e. The summed E-state index contributed by atoms with van der Waals surface area (Å²) in [7, 11) is 3.17. The zero-order valence-corrected chi connectivity index (χ0v) is 12.7. The summed E-state index contributed by atoms with van der Waals surface area (Å²) in [5.74, 6) is 1.14. The molecule has 0 aliphatic carbocycles. The molecule has 1 unspecified atom stereocenters. The predicted molar refractivity (Wildman–Crippen MR) is 81.6 cm³/mol. The van der Waals surface area contributed by atoms with Crippen LogP contribution in [0.3, 0.4) is 0 Å². The molecular formula is C16H23NO3. The third-order valence-corrected chi connectivity index (χ3v) is 3.20. The van der Waals surface area contributed by atoms with Gasteiger partial charge in [-0.15, -0.1) is 0 Å². The normalized spacial score (nSPS) is 11.6. The van der Waals surface area contributed by atoms with Gasteiger partial charge in [-0.1, -0.05) is 19.9 Å². The van der Waals surface area contributed by atoms with E-state index in [1.807, 2.05) is 19.1 Å². The van der Waals surface area contributed by atoms with E-state index < -0.39 is 0 Å². The number of hydrogen-bond acceptors (Lipinski definition) is 3. The van der Waals surface area contributed by atoms with Crippen LogP contribution in [0.15, 0.2) is 30.9 Å². The molecule has 0 spiro atoms. The van der Waals surface area contributed by atoms with Gasteiger partial charge in [0.15, 0.2) is 11.5 Å². The minimum Gasteiger partial charge on any atom is -0.493 e. The summed E-state index contributed by atoms with van der Waals surface area (Å²) in [6.45, 7) is 7.71. The van der Waals surface area contributed by atoms with Gasteiger partial charge in [-0.3, -0.25) is 4.79 Å². The highest BCUT2D eigenvalue weighted by atomic mass is 16.5. The van der Waals surface area contributed by atoms with Crippen LogP contribution in [0.25, 0.3) is 0 Å². The van der Waals surface area contributed by atoms with E-state index in [1.165, 1.54) is 6.08 Å². The summed E-state index contributed by atoms with van der Waals surface area (Å²) < 4.78 is 10.5. The molecule has 20 heavy (non-hydrogen) atoms. The molecule has 1 aromatic rings. The molecule has 1 rings (SSSR count). The van der Waals surface area contributed by atoms with Crippen LogP contribution in [0.1, 0.15) is 26.7 Å². The maximum absolute atomic E-state index is 12.1. The molecule has 4 nitrogen and oxygen atoms in total. The van der Waals surface area contributed by atoms with Crippen molar-refractivity contribution < 1.29 is 14.3 Å². The Morgan fingerprint density at radius 2 is 2.00 bits per heavy atom. The number of amides is 1. The number of ether oxygens (including phenoxy) is 2. The van der Waals surface area contributed by atoms with Crippen LogP contribution in [-0.2, 0) is 4.79 Å². The van der Waals surface area contributed by atoms with Gasteiger partial charge in [-0.25, -0.2) is 0 Å². The lowest BCUT2D eigenvalue weighted by Crippen LogP contribution is -2.37. The first-order valence-corrected chi connectivity index (χ1v) is 6.76. The van der Waals surface area contributed by atoms with E-state index in [-0.39, 0.29) is 11.9 Å². The van der Waals surface area contributed by atoms with E-state index in [0.717, 1.165) is 18.5 Å². The second-order valence-electron chi connectivity index (χ2n) is 4.59. The van der Waals surface area contributed by atoms with Gasteiger partial charge in [0.1, 0.15) is 0 Å². The Morgan fingerprint density at radius 1 is 1.35 bits per heavy atom. The second kappa shape index (κ2) is 7.58. The van der Waals surface area contributed by atoms with Gasteiger partial charge < -0.3 is 14.4 Å². The van der Waals surface area contributed by atoms with Gasteiger partial charge in [0.2, 0.25) is 0 Å². The molecule has 0 radical (unpaired) electrons. The van der Waals surface area contributed by atoms with Crippen molar-refractivity contribution >= 4 is 11.6 Å². The third kappa shape index (κ3) is 3.53. The molecule has 0 saturated carbocycles. The minimum atomic E-state index is -0.113. The van der Waals surface area contributed by atoms with Crippen LogP contribution in [0.5, 0.6) is 11.5 Å². The quantitative estimate of drug-likeness (QED) is 0.717. The summed E-state index contributed by atoms with van der Waals surface area (Å²) in [4.78, 5) is 13.9. The summed E-state index contributed by atoms with van der Waals surface area (Å²) in [6.07, 6.45) is 3.27. The Labute approximate surface area is 121 Å². The molecule has 0 fully saturated rings. The minimum absolute atomic E-state index is 0.101. The number of rotatable bonds is 7. The molecular weight excluding hydrogens is 254 g/mol. The Bertz CT molecular complexity index is 471. The molecule has 0 aliphatic rings. The fourth-order valence-corrected chi connectivity index (χ4v) is 2.22. The van der Waals surface area contributed by atoms with Crippen molar-refractivity contribution in [2.75, 3.05) is 19.1 Å². The number of anilines is 1. The summed E-state index contributed by atoms with van der Waals surface area (Å²) in [5, 5.41) is 0. The van der Waals surface area contributed by atoms with Crippen LogP contribution in [0.2, 0.25) is 0 Å². The summed E-state index contributed by atoms with van der Waals surface area (Å²) in [6, 6.07) is 5.57. The standard InChI is InChI=1S/C16H23NO3/c1-6-8-12(3)17(16(18)7-2)13-9-10-14(19-4)15(11-13)20-5/h7,9-12H,2,6,8H2,1,3-5H3. The largest absolute Gasteiger partial charge is 0.493 e. The number of benzene rings is 1. The van der Waals surface area contributed by atoms with Gasteiger partial charge in [-0.2, -0.15) is 0 Å². The third-order valence-electron chi connectivity index (χ3n) is 3.20. The Hall–Kier alpha value is -1.97. The van der Waals surface area contributed by atoms with Crippen LogP contribution < -0.4 is 14.4 Å². The molecule has 0 heterocycles. The molecule has 0 saturated heterocycles. The van der Waals surface area contributed by atoms with Gasteiger partial charge >= 0.3 is 0 Å². The first-order chi connectivity index (χ1) is 9.58. The van der Waals surface area contributed by atoms with Crippen molar-refractivity contribution in [1.29, 1.82) is 0 Å².